The standard InChI is InChI=1S/C13H15N8S3/c1-22-8-7-20-12(14-16-18-20)23-9-10-24-13-15-17-19-21(13)11-5-3-2-4-6-11/h2-6,9H,7-8,10H2,1H3. The van der Waals surface area contributed by atoms with Crippen molar-refractivity contribution in [2.45, 2.75) is 16.9 Å². The summed E-state index contributed by atoms with van der Waals surface area (Å²) in [7, 11) is 0. The minimum atomic E-state index is 0.743. The lowest BCUT2D eigenvalue weighted by Gasteiger charge is -2.04. The molecule has 1 radical (unpaired) electrons. The first-order valence-electron chi connectivity index (χ1n) is 7.08. The highest BCUT2D eigenvalue weighted by Gasteiger charge is 2.10. The van der Waals surface area contributed by atoms with Crippen molar-refractivity contribution in [3.63, 3.8) is 0 Å². The highest BCUT2D eigenvalue weighted by molar-refractivity contribution is 8.04. The predicted molar refractivity (Wildman–Crippen MR) is 96.2 cm³/mol. The number of benzene rings is 1. The molecule has 0 N–H and O–H groups in total. The molecule has 0 fully saturated rings. The van der Waals surface area contributed by atoms with Gasteiger partial charge >= 0.3 is 0 Å². The van der Waals surface area contributed by atoms with Gasteiger partial charge in [0.05, 0.1) is 12.2 Å². The molecule has 2 aromatic heterocycles. The summed E-state index contributed by atoms with van der Waals surface area (Å²) in [5.74, 6) is 3.78. The van der Waals surface area contributed by atoms with Gasteiger partial charge in [0.15, 0.2) is 0 Å². The van der Waals surface area contributed by atoms with Crippen LogP contribution in [0.3, 0.4) is 0 Å². The molecule has 3 rings (SSSR count). The topological polar surface area (TPSA) is 87.2 Å². The molecule has 125 valence electrons. The minimum absolute atomic E-state index is 0.743. The molecular weight excluding hydrogens is 364 g/mol. The Morgan fingerprint density at radius 2 is 1.83 bits per heavy atom. The molecule has 11 heteroatoms. The number of aromatic nitrogens is 8. The summed E-state index contributed by atoms with van der Waals surface area (Å²) in [5.41, 5.74) is 0.943. The molecule has 2 heterocycles. The average molecular weight is 380 g/mol. The lowest BCUT2D eigenvalue weighted by atomic mass is 10.3. The summed E-state index contributed by atoms with van der Waals surface area (Å²) in [6, 6.07) is 9.83. The molecule has 0 saturated carbocycles. The third-order valence-electron chi connectivity index (χ3n) is 2.92. The van der Waals surface area contributed by atoms with Crippen LogP contribution in [0.25, 0.3) is 5.69 Å². The first-order chi connectivity index (χ1) is 11.9. The van der Waals surface area contributed by atoms with E-state index >= 15 is 0 Å². The Hall–Kier alpha value is -1.59. The zero-order chi connectivity index (χ0) is 16.6. The van der Waals surface area contributed by atoms with E-state index < -0.39 is 0 Å². The molecule has 3 aromatic rings. The van der Waals surface area contributed by atoms with Crippen molar-refractivity contribution in [3.8, 4) is 5.69 Å². The van der Waals surface area contributed by atoms with E-state index in [2.05, 4.69) is 43.1 Å². The van der Waals surface area contributed by atoms with Gasteiger partial charge in [0, 0.05) is 17.3 Å². The highest BCUT2D eigenvalue weighted by Crippen LogP contribution is 2.24. The van der Waals surface area contributed by atoms with E-state index in [1.54, 1.807) is 28.2 Å². The number of nitrogens with zero attached hydrogens (tertiary/aromatic N) is 8. The van der Waals surface area contributed by atoms with Crippen LogP contribution < -0.4 is 0 Å². The Balaban J connectivity index is 1.51. The van der Waals surface area contributed by atoms with Crippen LogP contribution in [0.4, 0.5) is 0 Å². The fourth-order valence-corrected chi connectivity index (χ4v) is 3.71. The van der Waals surface area contributed by atoms with Gasteiger partial charge in [0.1, 0.15) is 0 Å². The molecule has 0 spiro atoms. The highest BCUT2D eigenvalue weighted by atomic mass is 32.2. The van der Waals surface area contributed by atoms with Gasteiger partial charge in [-0.15, -0.1) is 10.2 Å². The average Bonchev–Trinajstić information content (AvgIpc) is 3.27. The van der Waals surface area contributed by atoms with Gasteiger partial charge in [-0.3, -0.25) is 0 Å². The van der Waals surface area contributed by atoms with Crippen molar-refractivity contribution < 1.29 is 0 Å². The smallest absolute Gasteiger partial charge is 0.214 e. The lowest BCUT2D eigenvalue weighted by Crippen LogP contribution is -2.04. The van der Waals surface area contributed by atoms with Crippen molar-refractivity contribution in [2.24, 2.45) is 0 Å². The molecule has 0 aliphatic carbocycles. The van der Waals surface area contributed by atoms with Gasteiger partial charge in [-0.05, 0) is 39.2 Å². The third-order valence-corrected chi connectivity index (χ3v) is 5.40. The summed E-state index contributed by atoms with van der Waals surface area (Å²) >= 11 is 4.85. The number of para-hydroxylation sites is 1. The largest absolute Gasteiger partial charge is 0.220 e. The molecule has 0 unspecified atom stereocenters. The third kappa shape index (κ3) is 4.48. The maximum atomic E-state index is 4.07. The van der Waals surface area contributed by atoms with Crippen molar-refractivity contribution in [1.82, 2.24) is 40.4 Å². The van der Waals surface area contributed by atoms with Crippen molar-refractivity contribution in [1.29, 1.82) is 0 Å². The maximum absolute atomic E-state index is 4.07. The lowest BCUT2D eigenvalue weighted by molar-refractivity contribution is 0.587. The van der Waals surface area contributed by atoms with Crippen LogP contribution in [0.1, 0.15) is 0 Å². The van der Waals surface area contributed by atoms with Crippen molar-refractivity contribution in [3.05, 3.63) is 36.1 Å². The van der Waals surface area contributed by atoms with Crippen LogP contribution in [0, 0.1) is 5.75 Å². The van der Waals surface area contributed by atoms with Gasteiger partial charge in [-0.25, -0.2) is 4.68 Å². The van der Waals surface area contributed by atoms with Gasteiger partial charge in [-0.1, -0.05) is 41.7 Å². The Bertz CT molecular complexity index is 745. The second-order valence-corrected chi connectivity index (χ2v) is 7.39. The van der Waals surface area contributed by atoms with E-state index in [9.17, 15) is 0 Å². The van der Waals surface area contributed by atoms with Gasteiger partial charge in [-0.2, -0.15) is 16.4 Å². The van der Waals surface area contributed by atoms with E-state index in [0.717, 1.165) is 34.1 Å². The number of aryl methyl sites for hydroxylation is 1. The molecule has 8 nitrogen and oxygen atoms in total. The van der Waals surface area contributed by atoms with Gasteiger partial charge in [0.2, 0.25) is 10.3 Å². The Morgan fingerprint density at radius 3 is 2.67 bits per heavy atom. The summed E-state index contributed by atoms with van der Waals surface area (Å²) in [6.45, 7) is 0.809. The quantitative estimate of drug-likeness (QED) is 0.409. The number of thioether (sulfide) groups is 3. The second-order valence-electron chi connectivity index (χ2n) is 4.48. The van der Waals surface area contributed by atoms with Crippen LogP contribution >= 0.6 is 35.3 Å². The summed E-state index contributed by atoms with van der Waals surface area (Å²) < 4.78 is 3.54. The molecule has 0 aliphatic rings. The molecule has 0 saturated heterocycles. The molecule has 1 aromatic carbocycles. The zero-order valence-corrected chi connectivity index (χ0v) is 15.3. The van der Waals surface area contributed by atoms with Gasteiger partial charge < -0.3 is 0 Å². The first-order valence-corrected chi connectivity index (χ1v) is 10.3. The fraction of sp³-hybridized carbons (Fsp3) is 0.308. The molecule has 0 bridgehead atoms. The molecule has 24 heavy (non-hydrogen) atoms. The predicted octanol–water partition coefficient (Wildman–Crippen LogP) is 2.06. The molecule has 0 aliphatic heterocycles. The Kier molecular flexibility index (Phi) is 6.49. The van der Waals surface area contributed by atoms with E-state index in [-0.39, 0.29) is 0 Å². The van der Waals surface area contributed by atoms with E-state index in [0.29, 0.717) is 0 Å². The number of rotatable bonds is 9. The second kappa shape index (κ2) is 9.04. The van der Waals surface area contributed by atoms with E-state index in [1.165, 1.54) is 11.8 Å². The van der Waals surface area contributed by atoms with E-state index in [4.69, 9.17) is 0 Å². The van der Waals surface area contributed by atoms with Crippen LogP contribution in [-0.2, 0) is 6.54 Å². The Labute approximate surface area is 152 Å². The van der Waals surface area contributed by atoms with Crippen molar-refractivity contribution in [2.75, 3.05) is 17.8 Å². The van der Waals surface area contributed by atoms with Gasteiger partial charge in [0.25, 0.3) is 0 Å². The van der Waals surface area contributed by atoms with Crippen molar-refractivity contribution >= 4 is 35.3 Å². The van der Waals surface area contributed by atoms with Crippen LogP contribution in [0.5, 0.6) is 0 Å². The van der Waals surface area contributed by atoms with Crippen LogP contribution in [0.15, 0.2) is 40.6 Å². The van der Waals surface area contributed by atoms with Crippen LogP contribution in [0.2, 0.25) is 0 Å². The zero-order valence-electron chi connectivity index (χ0n) is 12.9. The maximum Gasteiger partial charge on any atom is 0.214 e. The molecule has 0 amide bonds. The number of tetrazole rings is 2. The number of hydrogen-bond acceptors (Lipinski definition) is 9. The normalized spacial score (nSPS) is 11.0. The SMILES string of the molecule is CSCCn1nnnc1S[CH]CSc1nnnn1-c1ccccc1. The Morgan fingerprint density at radius 1 is 1.04 bits per heavy atom. The summed E-state index contributed by atoms with van der Waals surface area (Å²) in [6.07, 6.45) is 2.07. The minimum Gasteiger partial charge on any atom is -0.220 e. The van der Waals surface area contributed by atoms with Crippen LogP contribution in [-0.4, -0.2) is 58.2 Å². The monoisotopic (exact) mass is 379 g/mol. The first kappa shape index (κ1) is 17.2. The van der Waals surface area contributed by atoms with E-state index in [1.807, 2.05) is 35.0 Å². The fourth-order valence-electron chi connectivity index (χ4n) is 1.82. The summed E-state index contributed by atoms with van der Waals surface area (Å²) in [5, 5.41) is 25.2. The summed E-state index contributed by atoms with van der Waals surface area (Å²) in [4.78, 5) is 0. The molecule has 0 atom stereocenters. The number of hydrogen-bond donors (Lipinski definition) is 0. The molecular formula is C13H15N8S3.